The Balaban J connectivity index is 1.78. The molecule has 0 aliphatic carbocycles. The lowest BCUT2D eigenvalue weighted by Crippen LogP contribution is -2.54. The third-order valence-electron chi connectivity index (χ3n) is 5.44. The van der Waals surface area contributed by atoms with Crippen LogP contribution in [0.5, 0.6) is 0 Å². The summed E-state index contributed by atoms with van der Waals surface area (Å²) in [6, 6.07) is 13.5. The van der Waals surface area contributed by atoms with Crippen molar-refractivity contribution in [3.05, 3.63) is 86.1 Å². The summed E-state index contributed by atoms with van der Waals surface area (Å²) in [6.45, 7) is 5.78. The molecule has 1 saturated heterocycles. The highest BCUT2D eigenvalue weighted by Crippen LogP contribution is 2.29. The number of halogens is 2. The molecule has 0 bridgehead atoms. The van der Waals surface area contributed by atoms with E-state index in [1.807, 2.05) is 49.6 Å². The largest absolute Gasteiger partial charge is 0.335 e. The van der Waals surface area contributed by atoms with E-state index in [0.29, 0.717) is 16.3 Å². The van der Waals surface area contributed by atoms with Crippen LogP contribution in [0.15, 0.2) is 58.6 Å². The van der Waals surface area contributed by atoms with Gasteiger partial charge in [0, 0.05) is 26.6 Å². The number of rotatable bonds is 3. The van der Waals surface area contributed by atoms with Crippen LogP contribution in [0.3, 0.4) is 0 Å². The van der Waals surface area contributed by atoms with E-state index in [1.165, 1.54) is 6.08 Å². The van der Waals surface area contributed by atoms with E-state index in [9.17, 15) is 14.4 Å². The van der Waals surface area contributed by atoms with Gasteiger partial charge in [0.2, 0.25) is 0 Å². The summed E-state index contributed by atoms with van der Waals surface area (Å²) in [5.41, 5.74) is 4.56. The van der Waals surface area contributed by atoms with Crippen molar-refractivity contribution in [1.82, 2.24) is 9.88 Å². The van der Waals surface area contributed by atoms with Crippen LogP contribution in [-0.2, 0) is 9.59 Å². The van der Waals surface area contributed by atoms with Crippen LogP contribution in [0, 0.1) is 20.8 Å². The standard InChI is InChI=1S/C24H19BrClN3O3/c1-13-11-16(15(3)28(13)21-6-4-5-20(26)14(21)2)12-19-22(30)27-24(32)29(23(19)31)18-9-7-17(25)8-10-18/h4-12H,1-3H3,(H,27,30,32)/b19-12+. The maximum Gasteiger partial charge on any atom is 0.335 e. The maximum atomic E-state index is 13.1. The van der Waals surface area contributed by atoms with E-state index in [2.05, 4.69) is 21.2 Å². The molecule has 1 N–H and O–H groups in total. The Morgan fingerprint density at radius 2 is 1.69 bits per heavy atom. The summed E-state index contributed by atoms with van der Waals surface area (Å²) in [5.74, 6) is -1.40. The lowest BCUT2D eigenvalue weighted by Gasteiger charge is -2.26. The number of hydrogen-bond donors (Lipinski definition) is 1. The van der Waals surface area contributed by atoms with Crippen molar-refractivity contribution >= 4 is 57.1 Å². The Bertz CT molecular complexity index is 1310. The van der Waals surface area contributed by atoms with Gasteiger partial charge in [0.1, 0.15) is 5.57 Å². The van der Waals surface area contributed by atoms with Crippen LogP contribution >= 0.6 is 27.5 Å². The molecule has 0 spiro atoms. The quantitative estimate of drug-likeness (QED) is 0.373. The Morgan fingerprint density at radius 3 is 2.38 bits per heavy atom. The Kier molecular flexibility index (Phi) is 5.79. The van der Waals surface area contributed by atoms with Gasteiger partial charge in [0.25, 0.3) is 11.8 Å². The zero-order valence-corrected chi connectivity index (χ0v) is 19.9. The van der Waals surface area contributed by atoms with Crippen LogP contribution < -0.4 is 10.2 Å². The third-order valence-corrected chi connectivity index (χ3v) is 6.37. The summed E-state index contributed by atoms with van der Waals surface area (Å²) < 4.78 is 2.83. The molecule has 6 nitrogen and oxygen atoms in total. The van der Waals surface area contributed by atoms with Crippen LogP contribution in [0.25, 0.3) is 11.8 Å². The van der Waals surface area contributed by atoms with E-state index in [-0.39, 0.29) is 5.57 Å². The highest BCUT2D eigenvalue weighted by Gasteiger charge is 2.37. The number of amides is 4. The smallest absolute Gasteiger partial charge is 0.318 e. The van der Waals surface area contributed by atoms with Gasteiger partial charge >= 0.3 is 6.03 Å². The van der Waals surface area contributed by atoms with Crippen LogP contribution in [0.4, 0.5) is 10.5 Å². The monoisotopic (exact) mass is 511 g/mol. The minimum atomic E-state index is -0.778. The first-order valence-corrected chi connectivity index (χ1v) is 11.0. The molecule has 1 aromatic heterocycles. The van der Waals surface area contributed by atoms with E-state index >= 15 is 0 Å². The molecule has 4 rings (SSSR count). The first-order chi connectivity index (χ1) is 15.2. The van der Waals surface area contributed by atoms with E-state index in [1.54, 1.807) is 24.3 Å². The van der Waals surface area contributed by atoms with Crippen molar-refractivity contribution in [1.29, 1.82) is 0 Å². The average molecular weight is 513 g/mol. The van der Waals surface area contributed by atoms with Crippen molar-refractivity contribution in [2.45, 2.75) is 20.8 Å². The second kappa shape index (κ2) is 8.41. The van der Waals surface area contributed by atoms with Gasteiger partial charge in [-0.15, -0.1) is 0 Å². The first kappa shape index (κ1) is 22.0. The molecular formula is C24H19BrClN3O3. The fourth-order valence-electron chi connectivity index (χ4n) is 3.78. The van der Waals surface area contributed by atoms with Crippen molar-refractivity contribution in [2.75, 3.05) is 4.90 Å². The molecule has 2 aromatic carbocycles. The first-order valence-electron chi connectivity index (χ1n) is 9.80. The normalized spacial score (nSPS) is 15.5. The van der Waals surface area contributed by atoms with Crippen molar-refractivity contribution in [2.24, 2.45) is 0 Å². The molecule has 0 saturated carbocycles. The number of barbiturate groups is 1. The number of carbonyl (C=O) groups excluding carboxylic acids is 3. The van der Waals surface area contributed by atoms with Gasteiger partial charge in [-0.3, -0.25) is 14.9 Å². The zero-order valence-electron chi connectivity index (χ0n) is 17.6. The minimum Gasteiger partial charge on any atom is -0.318 e. The summed E-state index contributed by atoms with van der Waals surface area (Å²) in [4.78, 5) is 39.0. The molecule has 1 aliphatic heterocycles. The predicted octanol–water partition coefficient (Wildman–Crippen LogP) is 5.48. The van der Waals surface area contributed by atoms with Crippen molar-refractivity contribution in [3.8, 4) is 5.69 Å². The molecule has 0 unspecified atom stereocenters. The van der Waals surface area contributed by atoms with Gasteiger partial charge in [-0.25, -0.2) is 9.69 Å². The predicted molar refractivity (Wildman–Crippen MR) is 128 cm³/mol. The number of anilines is 1. The highest BCUT2D eigenvalue weighted by atomic mass is 79.9. The highest BCUT2D eigenvalue weighted by molar-refractivity contribution is 9.10. The molecule has 2 heterocycles. The molecule has 3 aromatic rings. The van der Waals surface area contributed by atoms with Crippen LogP contribution in [0.1, 0.15) is 22.5 Å². The Hall–Kier alpha value is -3.16. The van der Waals surface area contributed by atoms with Gasteiger partial charge in [-0.2, -0.15) is 0 Å². The van der Waals surface area contributed by atoms with Gasteiger partial charge < -0.3 is 4.57 Å². The number of nitrogens with zero attached hydrogens (tertiary/aromatic N) is 2. The van der Waals surface area contributed by atoms with Gasteiger partial charge in [-0.05, 0) is 80.4 Å². The fourth-order valence-corrected chi connectivity index (χ4v) is 4.21. The number of aromatic nitrogens is 1. The molecule has 8 heteroatoms. The molecule has 4 amide bonds. The molecule has 1 aliphatic rings. The van der Waals surface area contributed by atoms with Crippen LogP contribution in [0.2, 0.25) is 5.02 Å². The summed E-state index contributed by atoms with van der Waals surface area (Å²) >= 11 is 9.63. The molecular weight excluding hydrogens is 494 g/mol. The third kappa shape index (κ3) is 3.78. The molecule has 162 valence electrons. The zero-order chi connectivity index (χ0) is 23.2. The topological polar surface area (TPSA) is 71.4 Å². The fraction of sp³-hybridized carbons (Fsp3) is 0.125. The van der Waals surface area contributed by atoms with Gasteiger partial charge in [-0.1, -0.05) is 33.6 Å². The van der Waals surface area contributed by atoms with Gasteiger partial charge in [0.15, 0.2) is 0 Å². The van der Waals surface area contributed by atoms with Crippen molar-refractivity contribution in [3.63, 3.8) is 0 Å². The van der Waals surface area contributed by atoms with Gasteiger partial charge in [0.05, 0.1) is 5.69 Å². The van der Waals surface area contributed by atoms with E-state index in [4.69, 9.17) is 11.6 Å². The molecule has 32 heavy (non-hydrogen) atoms. The second-order valence-corrected chi connectivity index (χ2v) is 8.80. The number of aryl methyl sites for hydroxylation is 1. The summed E-state index contributed by atoms with van der Waals surface area (Å²) in [7, 11) is 0. The maximum absolute atomic E-state index is 13.1. The number of nitrogens with one attached hydrogen (secondary N) is 1. The van der Waals surface area contributed by atoms with E-state index < -0.39 is 17.8 Å². The second-order valence-electron chi connectivity index (χ2n) is 7.48. The molecule has 0 radical (unpaired) electrons. The lowest BCUT2D eigenvalue weighted by molar-refractivity contribution is -0.122. The molecule has 1 fully saturated rings. The average Bonchev–Trinajstić information content (AvgIpc) is 3.01. The SMILES string of the molecule is Cc1c(Cl)cccc1-n1c(C)cc(/C=C2\C(=O)NC(=O)N(c3ccc(Br)cc3)C2=O)c1C. The Labute approximate surface area is 198 Å². The number of urea groups is 1. The number of carbonyl (C=O) groups is 3. The summed E-state index contributed by atoms with van der Waals surface area (Å²) in [5, 5.41) is 2.91. The number of benzene rings is 2. The minimum absolute atomic E-state index is 0.115. The van der Waals surface area contributed by atoms with E-state index in [0.717, 1.165) is 32.0 Å². The lowest BCUT2D eigenvalue weighted by atomic mass is 10.1. The van der Waals surface area contributed by atoms with Crippen LogP contribution in [-0.4, -0.2) is 22.4 Å². The number of hydrogen-bond acceptors (Lipinski definition) is 3. The Morgan fingerprint density at radius 1 is 1.00 bits per heavy atom. The molecule has 0 atom stereocenters. The number of imide groups is 2. The summed E-state index contributed by atoms with van der Waals surface area (Å²) in [6.07, 6.45) is 1.52. The van der Waals surface area contributed by atoms with Crippen molar-refractivity contribution < 1.29 is 14.4 Å².